The van der Waals surface area contributed by atoms with Gasteiger partial charge in [-0.15, -0.1) is 0 Å². The fourth-order valence-electron chi connectivity index (χ4n) is 0.993. The zero-order chi connectivity index (χ0) is 10.1. The van der Waals surface area contributed by atoms with Crippen LogP contribution in [0.25, 0.3) is 0 Å². The van der Waals surface area contributed by atoms with E-state index < -0.39 is 12.0 Å². The van der Waals surface area contributed by atoms with Gasteiger partial charge in [-0.25, -0.2) is 8.78 Å². The minimum Gasteiger partial charge on any atom is -0.319 e. The molecule has 1 rings (SSSR count). The lowest BCUT2D eigenvalue weighted by Gasteiger charge is -2.19. The first-order chi connectivity index (χ1) is 5.91. The van der Waals surface area contributed by atoms with Gasteiger partial charge in [0.2, 0.25) is 0 Å². The predicted molar refractivity (Wildman–Crippen MR) is 49.0 cm³/mol. The number of benzene rings is 1. The Hall–Kier alpha value is -0.670. The summed E-state index contributed by atoms with van der Waals surface area (Å²) in [6.07, 6.45) is 0. The molecule has 0 aliphatic carbocycles. The second kappa shape index (κ2) is 3.60. The Labute approximate surface area is 80.5 Å². The largest absolute Gasteiger partial charge is 0.319 e. The SMILES string of the molecule is CC(F)(F)C(N)c1cccc(Cl)c1. The molecule has 0 aromatic heterocycles. The lowest BCUT2D eigenvalue weighted by Crippen LogP contribution is -2.29. The zero-order valence-corrected chi connectivity index (χ0v) is 7.85. The maximum absolute atomic E-state index is 12.8. The van der Waals surface area contributed by atoms with Gasteiger partial charge in [-0.1, -0.05) is 23.7 Å². The molecule has 1 aromatic rings. The molecule has 1 atom stereocenters. The Morgan fingerprint density at radius 2 is 2.08 bits per heavy atom. The van der Waals surface area contributed by atoms with E-state index in [-0.39, 0.29) is 0 Å². The Kier molecular flexibility index (Phi) is 2.88. The third-order valence-corrected chi connectivity index (χ3v) is 1.99. The van der Waals surface area contributed by atoms with Crippen LogP contribution in [-0.4, -0.2) is 5.92 Å². The molecule has 0 heterocycles. The van der Waals surface area contributed by atoms with Crippen molar-refractivity contribution < 1.29 is 8.78 Å². The first kappa shape index (κ1) is 10.4. The van der Waals surface area contributed by atoms with Gasteiger partial charge in [-0.05, 0) is 17.7 Å². The van der Waals surface area contributed by atoms with Crippen molar-refractivity contribution in [1.82, 2.24) is 0 Å². The first-order valence-electron chi connectivity index (χ1n) is 3.80. The molecule has 0 fully saturated rings. The number of halogens is 3. The van der Waals surface area contributed by atoms with Crippen molar-refractivity contribution in [2.75, 3.05) is 0 Å². The topological polar surface area (TPSA) is 26.0 Å². The van der Waals surface area contributed by atoms with Crippen LogP contribution in [0.1, 0.15) is 18.5 Å². The molecule has 1 nitrogen and oxygen atoms in total. The van der Waals surface area contributed by atoms with E-state index in [4.69, 9.17) is 17.3 Å². The Balaban J connectivity index is 2.96. The summed E-state index contributed by atoms with van der Waals surface area (Å²) in [6, 6.07) is 4.90. The normalized spacial score (nSPS) is 14.2. The van der Waals surface area contributed by atoms with Crippen LogP contribution in [0.2, 0.25) is 5.02 Å². The average Bonchev–Trinajstić information content (AvgIpc) is 2.01. The van der Waals surface area contributed by atoms with Gasteiger partial charge >= 0.3 is 0 Å². The third kappa shape index (κ3) is 2.64. The van der Waals surface area contributed by atoms with Crippen molar-refractivity contribution in [1.29, 1.82) is 0 Å². The average molecular weight is 206 g/mol. The third-order valence-electron chi connectivity index (χ3n) is 1.75. The predicted octanol–water partition coefficient (Wildman–Crippen LogP) is 3.00. The van der Waals surface area contributed by atoms with Crippen molar-refractivity contribution in [2.45, 2.75) is 18.9 Å². The fraction of sp³-hybridized carbons (Fsp3) is 0.333. The van der Waals surface area contributed by atoms with Crippen LogP contribution in [0.3, 0.4) is 0 Å². The standard InChI is InChI=1S/C9H10ClF2N/c1-9(11,12)8(13)6-3-2-4-7(10)5-6/h2-5,8H,13H2,1H3. The maximum atomic E-state index is 12.8. The highest BCUT2D eigenvalue weighted by Crippen LogP contribution is 2.29. The minimum absolute atomic E-state index is 0.347. The van der Waals surface area contributed by atoms with Crippen molar-refractivity contribution in [3.05, 3.63) is 34.9 Å². The van der Waals surface area contributed by atoms with E-state index in [2.05, 4.69) is 0 Å². The highest BCUT2D eigenvalue weighted by Gasteiger charge is 2.31. The van der Waals surface area contributed by atoms with E-state index in [9.17, 15) is 8.78 Å². The van der Waals surface area contributed by atoms with E-state index >= 15 is 0 Å². The molecule has 1 aromatic carbocycles. The van der Waals surface area contributed by atoms with E-state index in [1.807, 2.05) is 0 Å². The number of nitrogens with two attached hydrogens (primary N) is 1. The molecule has 4 heteroatoms. The fourth-order valence-corrected chi connectivity index (χ4v) is 1.19. The van der Waals surface area contributed by atoms with Crippen LogP contribution in [0.4, 0.5) is 8.78 Å². The van der Waals surface area contributed by atoms with Gasteiger partial charge in [-0.3, -0.25) is 0 Å². The highest BCUT2D eigenvalue weighted by molar-refractivity contribution is 6.30. The molecule has 1 unspecified atom stereocenters. The lowest BCUT2D eigenvalue weighted by molar-refractivity contribution is -0.00618. The molecule has 0 aliphatic heterocycles. The zero-order valence-electron chi connectivity index (χ0n) is 7.10. The van der Waals surface area contributed by atoms with E-state index in [0.717, 1.165) is 6.92 Å². The summed E-state index contributed by atoms with van der Waals surface area (Å²) < 4.78 is 25.5. The van der Waals surface area contributed by atoms with Crippen molar-refractivity contribution in [3.8, 4) is 0 Å². The molecule has 13 heavy (non-hydrogen) atoms. The summed E-state index contributed by atoms with van der Waals surface area (Å²) in [6.45, 7) is 0.790. The number of hydrogen-bond acceptors (Lipinski definition) is 1. The molecular formula is C9H10ClF2N. The number of rotatable bonds is 2. The second-order valence-electron chi connectivity index (χ2n) is 2.99. The first-order valence-corrected chi connectivity index (χ1v) is 4.18. The summed E-state index contributed by atoms with van der Waals surface area (Å²) >= 11 is 5.64. The molecule has 0 saturated heterocycles. The van der Waals surface area contributed by atoms with Gasteiger partial charge in [0.1, 0.15) is 0 Å². The number of hydrogen-bond donors (Lipinski definition) is 1. The lowest BCUT2D eigenvalue weighted by atomic mass is 10.0. The molecule has 0 aliphatic rings. The van der Waals surface area contributed by atoms with Crippen LogP contribution >= 0.6 is 11.6 Å². The summed E-state index contributed by atoms with van der Waals surface area (Å²) in [5.74, 6) is -2.93. The summed E-state index contributed by atoms with van der Waals surface area (Å²) in [5.41, 5.74) is 5.68. The van der Waals surface area contributed by atoms with Crippen LogP contribution in [0, 0.1) is 0 Å². The quantitative estimate of drug-likeness (QED) is 0.789. The van der Waals surface area contributed by atoms with Crippen LogP contribution in [0.15, 0.2) is 24.3 Å². The number of alkyl halides is 2. The van der Waals surface area contributed by atoms with Crippen LogP contribution in [0.5, 0.6) is 0 Å². The van der Waals surface area contributed by atoms with E-state index in [0.29, 0.717) is 10.6 Å². The van der Waals surface area contributed by atoms with Gasteiger partial charge in [0.05, 0.1) is 6.04 Å². The highest BCUT2D eigenvalue weighted by atomic mass is 35.5. The maximum Gasteiger partial charge on any atom is 0.264 e. The summed E-state index contributed by atoms with van der Waals surface area (Å²) in [5, 5.41) is 0.414. The Bertz CT molecular complexity index is 296. The summed E-state index contributed by atoms with van der Waals surface area (Å²) in [4.78, 5) is 0. The van der Waals surface area contributed by atoms with Gasteiger partial charge in [0.15, 0.2) is 0 Å². The molecular weight excluding hydrogens is 196 g/mol. The summed E-state index contributed by atoms with van der Waals surface area (Å²) in [7, 11) is 0. The van der Waals surface area contributed by atoms with Gasteiger partial charge in [0.25, 0.3) is 5.92 Å². The molecule has 2 N–H and O–H groups in total. The van der Waals surface area contributed by atoms with Gasteiger partial charge < -0.3 is 5.73 Å². The van der Waals surface area contributed by atoms with E-state index in [1.54, 1.807) is 12.1 Å². The Morgan fingerprint density at radius 1 is 1.46 bits per heavy atom. The Morgan fingerprint density at radius 3 is 2.54 bits per heavy atom. The second-order valence-corrected chi connectivity index (χ2v) is 3.43. The minimum atomic E-state index is -2.93. The smallest absolute Gasteiger partial charge is 0.264 e. The van der Waals surface area contributed by atoms with Gasteiger partial charge in [-0.2, -0.15) is 0 Å². The van der Waals surface area contributed by atoms with Crippen molar-refractivity contribution >= 4 is 11.6 Å². The molecule has 72 valence electrons. The van der Waals surface area contributed by atoms with Crippen molar-refractivity contribution in [2.24, 2.45) is 5.73 Å². The van der Waals surface area contributed by atoms with Gasteiger partial charge in [0, 0.05) is 11.9 Å². The molecule has 0 spiro atoms. The molecule has 0 amide bonds. The molecule has 0 bridgehead atoms. The van der Waals surface area contributed by atoms with Crippen LogP contribution in [-0.2, 0) is 0 Å². The van der Waals surface area contributed by atoms with E-state index in [1.165, 1.54) is 12.1 Å². The molecule has 0 radical (unpaired) electrons. The molecule has 0 saturated carbocycles. The van der Waals surface area contributed by atoms with Crippen LogP contribution < -0.4 is 5.73 Å². The monoisotopic (exact) mass is 205 g/mol. The van der Waals surface area contributed by atoms with Crippen molar-refractivity contribution in [3.63, 3.8) is 0 Å².